The van der Waals surface area contributed by atoms with Crippen LogP contribution in [0.5, 0.6) is 5.75 Å². The first kappa shape index (κ1) is 15.0. The molecule has 0 aliphatic rings. The van der Waals surface area contributed by atoms with Crippen molar-refractivity contribution in [3.63, 3.8) is 0 Å². The topological polar surface area (TPSA) is 38.3 Å². The van der Waals surface area contributed by atoms with Crippen molar-refractivity contribution in [2.75, 3.05) is 12.4 Å². The lowest BCUT2D eigenvalue weighted by molar-refractivity contribution is 0.102. The van der Waals surface area contributed by atoms with Crippen LogP contribution in [0.1, 0.15) is 10.4 Å². The number of nitrogens with one attached hydrogen (secondary N) is 1. The van der Waals surface area contributed by atoms with Crippen LogP contribution in [0.25, 0.3) is 0 Å². The number of ether oxygens (including phenoxy) is 1. The minimum atomic E-state index is -0.316. The third kappa shape index (κ3) is 3.37. The fraction of sp³-hybridized carbons (Fsp3) is 0.0714. The summed E-state index contributed by atoms with van der Waals surface area (Å²) in [5.74, 6) is 0.280. The Labute approximate surface area is 131 Å². The Morgan fingerprint density at radius 2 is 1.75 bits per heavy atom. The molecule has 0 radical (unpaired) electrons. The van der Waals surface area contributed by atoms with Gasteiger partial charge >= 0.3 is 0 Å². The van der Waals surface area contributed by atoms with E-state index < -0.39 is 0 Å². The molecule has 0 saturated heterocycles. The van der Waals surface area contributed by atoms with Crippen molar-refractivity contribution in [1.29, 1.82) is 0 Å². The maximum Gasteiger partial charge on any atom is 0.255 e. The summed E-state index contributed by atoms with van der Waals surface area (Å²) in [6, 6.07) is 9.76. The van der Waals surface area contributed by atoms with Crippen molar-refractivity contribution in [3.8, 4) is 5.75 Å². The number of carbonyl (C=O) groups excluding carboxylic acids is 1. The number of methoxy groups -OCH3 is 1. The number of amides is 1. The SMILES string of the molecule is COc1cccc(C(=O)Nc2cc(Cl)c(Cl)cc2Cl)c1. The first-order valence-electron chi connectivity index (χ1n) is 5.61. The summed E-state index contributed by atoms with van der Waals surface area (Å²) in [6.45, 7) is 0. The molecule has 0 fully saturated rings. The third-order valence-electron chi connectivity index (χ3n) is 2.59. The quantitative estimate of drug-likeness (QED) is 0.812. The van der Waals surface area contributed by atoms with E-state index in [-0.39, 0.29) is 5.91 Å². The molecule has 0 atom stereocenters. The largest absolute Gasteiger partial charge is 0.497 e. The van der Waals surface area contributed by atoms with E-state index in [1.807, 2.05) is 0 Å². The van der Waals surface area contributed by atoms with E-state index in [0.29, 0.717) is 32.1 Å². The summed E-state index contributed by atoms with van der Waals surface area (Å²) in [5.41, 5.74) is 0.848. The van der Waals surface area contributed by atoms with E-state index in [4.69, 9.17) is 39.5 Å². The van der Waals surface area contributed by atoms with Crippen molar-refractivity contribution >= 4 is 46.4 Å². The van der Waals surface area contributed by atoms with Crippen LogP contribution in [-0.4, -0.2) is 13.0 Å². The first-order valence-corrected chi connectivity index (χ1v) is 6.74. The fourth-order valence-electron chi connectivity index (χ4n) is 1.58. The standard InChI is InChI=1S/C14H10Cl3NO2/c1-20-9-4-2-3-8(5-9)14(19)18-13-7-11(16)10(15)6-12(13)17/h2-7H,1H3,(H,18,19). The molecule has 2 rings (SSSR count). The van der Waals surface area contributed by atoms with Crippen LogP contribution in [0.2, 0.25) is 15.1 Å². The van der Waals surface area contributed by atoms with Crippen LogP contribution in [0.3, 0.4) is 0 Å². The number of anilines is 1. The highest BCUT2D eigenvalue weighted by molar-refractivity contribution is 6.44. The van der Waals surface area contributed by atoms with Crippen molar-refractivity contribution in [1.82, 2.24) is 0 Å². The van der Waals surface area contributed by atoms with Gasteiger partial charge in [0.05, 0.1) is 27.9 Å². The van der Waals surface area contributed by atoms with Gasteiger partial charge in [0.15, 0.2) is 0 Å². The molecule has 104 valence electrons. The van der Waals surface area contributed by atoms with E-state index in [2.05, 4.69) is 5.32 Å². The lowest BCUT2D eigenvalue weighted by Crippen LogP contribution is -2.12. The van der Waals surface area contributed by atoms with Gasteiger partial charge in [-0.15, -0.1) is 0 Å². The van der Waals surface area contributed by atoms with Gasteiger partial charge in [0.2, 0.25) is 0 Å². The Hall–Kier alpha value is -1.42. The molecule has 1 amide bonds. The minimum absolute atomic E-state index is 0.315. The Bertz CT molecular complexity index is 659. The summed E-state index contributed by atoms with van der Waals surface area (Å²) in [4.78, 5) is 12.1. The molecule has 6 heteroatoms. The zero-order chi connectivity index (χ0) is 14.7. The molecule has 2 aromatic carbocycles. The van der Waals surface area contributed by atoms with Crippen molar-refractivity contribution in [2.45, 2.75) is 0 Å². The number of benzene rings is 2. The normalized spacial score (nSPS) is 10.2. The average molecular weight is 331 g/mol. The zero-order valence-corrected chi connectivity index (χ0v) is 12.7. The van der Waals surface area contributed by atoms with Gasteiger partial charge in [-0.05, 0) is 30.3 Å². The zero-order valence-electron chi connectivity index (χ0n) is 10.4. The van der Waals surface area contributed by atoms with E-state index in [9.17, 15) is 4.79 Å². The lowest BCUT2D eigenvalue weighted by Gasteiger charge is -2.09. The van der Waals surface area contributed by atoms with Gasteiger partial charge in [-0.2, -0.15) is 0 Å². The molecule has 0 aliphatic heterocycles. The molecule has 2 aromatic rings. The predicted molar refractivity (Wildman–Crippen MR) is 82.4 cm³/mol. The first-order chi connectivity index (χ1) is 9.51. The number of halogens is 3. The molecule has 0 bridgehead atoms. The Balaban J connectivity index is 2.25. The second-order valence-corrected chi connectivity index (χ2v) is 5.15. The van der Waals surface area contributed by atoms with Gasteiger partial charge < -0.3 is 10.1 Å². The van der Waals surface area contributed by atoms with Gasteiger partial charge in [0.1, 0.15) is 5.75 Å². The Morgan fingerprint density at radius 3 is 2.45 bits per heavy atom. The maximum absolute atomic E-state index is 12.1. The molecule has 0 aromatic heterocycles. The van der Waals surface area contributed by atoms with Crippen LogP contribution < -0.4 is 10.1 Å². The number of carbonyl (C=O) groups is 1. The number of hydrogen-bond acceptors (Lipinski definition) is 2. The third-order valence-corrected chi connectivity index (χ3v) is 3.62. The molecule has 20 heavy (non-hydrogen) atoms. The van der Waals surface area contributed by atoms with Crippen molar-refractivity contribution < 1.29 is 9.53 Å². The minimum Gasteiger partial charge on any atom is -0.497 e. The molecule has 3 nitrogen and oxygen atoms in total. The van der Waals surface area contributed by atoms with Crippen molar-refractivity contribution in [2.24, 2.45) is 0 Å². The number of rotatable bonds is 3. The highest BCUT2D eigenvalue weighted by Crippen LogP contribution is 2.32. The van der Waals surface area contributed by atoms with Gasteiger partial charge in [0, 0.05) is 5.56 Å². The summed E-state index contributed by atoms with van der Waals surface area (Å²) in [7, 11) is 1.53. The van der Waals surface area contributed by atoms with Crippen LogP contribution in [0.15, 0.2) is 36.4 Å². The molecular formula is C14H10Cl3NO2. The van der Waals surface area contributed by atoms with Gasteiger partial charge in [-0.3, -0.25) is 4.79 Å². The molecule has 0 spiro atoms. The highest BCUT2D eigenvalue weighted by Gasteiger charge is 2.11. The van der Waals surface area contributed by atoms with Crippen LogP contribution in [-0.2, 0) is 0 Å². The van der Waals surface area contributed by atoms with Crippen LogP contribution in [0, 0.1) is 0 Å². The monoisotopic (exact) mass is 329 g/mol. The van der Waals surface area contributed by atoms with Gasteiger partial charge in [-0.1, -0.05) is 40.9 Å². The van der Waals surface area contributed by atoms with Crippen molar-refractivity contribution in [3.05, 3.63) is 57.0 Å². The smallest absolute Gasteiger partial charge is 0.255 e. The summed E-state index contributed by atoms with van der Waals surface area (Å²) in [5, 5.41) is 3.64. The van der Waals surface area contributed by atoms with E-state index in [1.165, 1.54) is 19.2 Å². The van der Waals surface area contributed by atoms with E-state index >= 15 is 0 Å². The van der Waals surface area contributed by atoms with Gasteiger partial charge in [0.25, 0.3) is 5.91 Å². The summed E-state index contributed by atoms with van der Waals surface area (Å²) in [6.07, 6.45) is 0. The molecule has 0 heterocycles. The molecule has 0 saturated carbocycles. The van der Waals surface area contributed by atoms with E-state index in [0.717, 1.165) is 0 Å². The predicted octanol–water partition coefficient (Wildman–Crippen LogP) is 4.91. The second-order valence-electron chi connectivity index (χ2n) is 3.93. The molecule has 1 N–H and O–H groups in total. The highest BCUT2D eigenvalue weighted by atomic mass is 35.5. The van der Waals surface area contributed by atoms with Crippen LogP contribution in [0.4, 0.5) is 5.69 Å². The average Bonchev–Trinajstić information content (AvgIpc) is 2.44. The Kier molecular flexibility index (Phi) is 4.76. The van der Waals surface area contributed by atoms with Gasteiger partial charge in [-0.25, -0.2) is 0 Å². The summed E-state index contributed by atoms with van der Waals surface area (Å²) < 4.78 is 5.07. The summed E-state index contributed by atoms with van der Waals surface area (Å²) >= 11 is 17.7. The molecular weight excluding hydrogens is 321 g/mol. The van der Waals surface area contributed by atoms with Crippen LogP contribution >= 0.6 is 34.8 Å². The maximum atomic E-state index is 12.1. The number of hydrogen-bond donors (Lipinski definition) is 1. The molecule has 0 aliphatic carbocycles. The second kappa shape index (κ2) is 6.35. The lowest BCUT2D eigenvalue weighted by atomic mass is 10.2. The molecule has 0 unspecified atom stereocenters. The fourth-order valence-corrected chi connectivity index (χ4v) is 2.17. The Morgan fingerprint density at radius 1 is 1.05 bits per heavy atom. The van der Waals surface area contributed by atoms with E-state index in [1.54, 1.807) is 24.3 Å².